The van der Waals surface area contributed by atoms with Crippen molar-refractivity contribution in [3.8, 4) is 0 Å². The van der Waals surface area contributed by atoms with Crippen LogP contribution < -0.4 is 0 Å². The predicted molar refractivity (Wildman–Crippen MR) is 164 cm³/mol. The van der Waals surface area contributed by atoms with Gasteiger partial charge in [0.05, 0.1) is 6.61 Å². The van der Waals surface area contributed by atoms with Crippen molar-refractivity contribution in [2.24, 2.45) is 22.2 Å². The minimum absolute atomic E-state index is 0.149. The van der Waals surface area contributed by atoms with Gasteiger partial charge in [0.15, 0.2) is 22.7 Å². The van der Waals surface area contributed by atoms with Crippen molar-refractivity contribution in [3.05, 3.63) is 9.81 Å². The molecule has 3 rings (SSSR count). The molecule has 0 aromatic carbocycles. The summed E-state index contributed by atoms with van der Waals surface area (Å²) in [5.74, 6) is -7.67. The van der Waals surface area contributed by atoms with Crippen LogP contribution in [0.15, 0.2) is 10.4 Å². The number of unbranched alkanes of at least 4 members (excludes halogenated alkanes) is 3. The van der Waals surface area contributed by atoms with Gasteiger partial charge in [0.2, 0.25) is 11.6 Å². The smallest absolute Gasteiger partial charge is 0.222 e. The molecular weight excluding hydrogens is 572 g/mol. The molecule has 9 atom stereocenters. The highest BCUT2D eigenvalue weighted by atomic mass is 16.9. The fraction of sp³-hybridized carbons (Fsp3) is 1.00. The van der Waals surface area contributed by atoms with Crippen molar-refractivity contribution in [2.45, 2.75) is 172 Å². The topological polar surface area (TPSA) is 169 Å². The SMILES string of the molecule is CCC(C)(N=O)C(C)(OC1(CO)OC1C)OC1(C)C(C)[C@](C)(N=O)C(C)(OCCCCCCC2CCCCC2)OC1(O)CO. The number of ether oxygens (including phenoxy) is 5. The molecule has 0 aromatic heterocycles. The molecule has 1 aliphatic carbocycles. The second kappa shape index (κ2) is 13.9. The quantitative estimate of drug-likeness (QED) is 0.0742. The number of hydrogen-bond acceptors (Lipinski definition) is 12. The molecule has 256 valence electrons. The van der Waals surface area contributed by atoms with E-state index in [1.807, 2.05) is 0 Å². The van der Waals surface area contributed by atoms with Crippen molar-refractivity contribution < 1.29 is 39.0 Å². The van der Waals surface area contributed by atoms with Gasteiger partial charge in [-0.25, -0.2) is 0 Å². The van der Waals surface area contributed by atoms with Crippen molar-refractivity contribution in [1.82, 2.24) is 0 Å². The van der Waals surface area contributed by atoms with Crippen molar-refractivity contribution in [2.75, 3.05) is 19.8 Å². The molecule has 0 aromatic rings. The molecule has 3 N–H and O–H groups in total. The van der Waals surface area contributed by atoms with Crippen molar-refractivity contribution in [3.63, 3.8) is 0 Å². The van der Waals surface area contributed by atoms with Gasteiger partial charge in [0, 0.05) is 5.92 Å². The normalized spacial score (nSPS) is 40.6. The van der Waals surface area contributed by atoms with E-state index in [1.54, 1.807) is 27.7 Å². The first-order valence-electron chi connectivity index (χ1n) is 16.6. The first kappa shape index (κ1) is 37.3. The number of hydrogen-bond donors (Lipinski definition) is 3. The number of epoxide rings is 1. The van der Waals surface area contributed by atoms with Gasteiger partial charge in [-0.3, -0.25) is 0 Å². The Morgan fingerprint density at radius 1 is 0.932 bits per heavy atom. The van der Waals surface area contributed by atoms with E-state index in [-0.39, 0.29) is 13.0 Å². The average Bonchev–Trinajstić information content (AvgIpc) is 3.66. The third kappa shape index (κ3) is 6.65. The molecule has 1 saturated carbocycles. The van der Waals surface area contributed by atoms with Crippen LogP contribution in [-0.4, -0.2) is 81.1 Å². The van der Waals surface area contributed by atoms with Crippen LogP contribution in [0.1, 0.15) is 126 Å². The van der Waals surface area contributed by atoms with Crippen LogP contribution in [0.3, 0.4) is 0 Å². The Bertz CT molecular complexity index is 981. The highest BCUT2D eigenvalue weighted by Gasteiger charge is 2.74. The van der Waals surface area contributed by atoms with Gasteiger partial charge in [-0.2, -0.15) is 9.81 Å². The monoisotopic (exact) mass is 630 g/mol. The number of aliphatic hydroxyl groups excluding tert-OH is 2. The first-order chi connectivity index (χ1) is 20.5. The summed E-state index contributed by atoms with van der Waals surface area (Å²) in [6.07, 6.45) is 11.6. The third-order valence-corrected chi connectivity index (χ3v) is 11.5. The zero-order chi connectivity index (χ0) is 33.1. The van der Waals surface area contributed by atoms with Crippen LogP contribution in [0.2, 0.25) is 0 Å². The summed E-state index contributed by atoms with van der Waals surface area (Å²) in [4.78, 5) is 24.9. The number of aliphatic hydroxyl groups is 3. The third-order valence-electron chi connectivity index (χ3n) is 11.5. The molecule has 2 aliphatic heterocycles. The molecule has 0 bridgehead atoms. The van der Waals surface area contributed by atoms with E-state index < -0.39 is 65.1 Å². The molecule has 3 fully saturated rings. The molecule has 12 nitrogen and oxygen atoms in total. The van der Waals surface area contributed by atoms with E-state index in [9.17, 15) is 25.1 Å². The number of nitrogens with zero attached hydrogens (tertiary/aromatic N) is 2. The van der Waals surface area contributed by atoms with E-state index in [2.05, 4.69) is 10.4 Å². The molecule has 2 heterocycles. The first-order valence-corrected chi connectivity index (χ1v) is 16.6. The van der Waals surface area contributed by atoms with E-state index in [0.29, 0.717) is 0 Å². The van der Waals surface area contributed by atoms with Crippen LogP contribution in [0.25, 0.3) is 0 Å². The maximum atomic E-state index is 12.7. The van der Waals surface area contributed by atoms with Crippen LogP contribution in [-0.2, 0) is 23.7 Å². The summed E-state index contributed by atoms with van der Waals surface area (Å²) in [7, 11) is 0. The summed E-state index contributed by atoms with van der Waals surface area (Å²) in [6, 6.07) is 0. The van der Waals surface area contributed by atoms with Crippen LogP contribution in [0.4, 0.5) is 0 Å². The minimum Gasteiger partial charge on any atom is -0.391 e. The molecule has 0 radical (unpaired) electrons. The lowest BCUT2D eigenvalue weighted by Gasteiger charge is -2.62. The summed E-state index contributed by atoms with van der Waals surface area (Å²) in [6.45, 7) is 11.4. The molecule has 0 amide bonds. The molecular formula is C32H58N2O10. The van der Waals surface area contributed by atoms with E-state index in [4.69, 9.17) is 23.7 Å². The lowest BCUT2D eigenvalue weighted by Crippen LogP contribution is -2.79. The fourth-order valence-corrected chi connectivity index (χ4v) is 7.13. The number of rotatable bonds is 18. The van der Waals surface area contributed by atoms with Crippen LogP contribution in [0.5, 0.6) is 0 Å². The number of nitroso groups, excluding NO2 is 2. The largest absolute Gasteiger partial charge is 0.391 e. The van der Waals surface area contributed by atoms with Crippen molar-refractivity contribution in [1.29, 1.82) is 0 Å². The summed E-state index contributed by atoms with van der Waals surface area (Å²) in [5.41, 5.74) is -5.09. The summed E-state index contributed by atoms with van der Waals surface area (Å²) >= 11 is 0. The van der Waals surface area contributed by atoms with Crippen molar-refractivity contribution >= 4 is 0 Å². The molecule has 44 heavy (non-hydrogen) atoms. The van der Waals surface area contributed by atoms with E-state index in [1.165, 1.54) is 72.6 Å². The standard InChI is InChI=1S/C32H58N2O10/c1-9-26(4,33-38)29(7,43-31(21-35)24(3)41-31)42-28(6)23(2)27(5,34-39)30(8,44-32(28,37)22-36)40-20-16-11-10-13-17-25-18-14-12-15-19-25/h23-25,35-37H,9-22H2,1-8H3/t23?,24?,26?,27-,28?,29?,30?,31?,32?/m0/s1. The van der Waals surface area contributed by atoms with Gasteiger partial charge >= 0.3 is 0 Å². The Balaban J connectivity index is 1.81. The molecule has 0 spiro atoms. The van der Waals surface area contributed by atoms with Gasteiger partial charge < -0.3 is 39.0 Å². The summed E-state index contributed by atoms with van der Waals surface area (Å²) in [5, 5.41) is 39.4. The second-order valence-electron chi connectivity index (χ2n) is 14.2. The molecule has 12 heteroatoms. The zero-order valence-electron chi connectivity index (χ0n) is 28.2. The Kier molecular flexibility index (Phi) is 11.8. The Labute approximate surface area is 262 Å². The summed E-state index contributed by atoms with van der Waals surface area (Å²) < 4.78 is 30.7. The Morgan fingerprint density at radius 3 is 2.05 bits per heavy atom. The predicted octanol–water partition coefficient (Wildman–Crippen LogP) is 5.67. The molecule has 8 unspecified atom stereocenters. The lowest BCUT2D eigenvalue weighted by atomic mass is 9.65. The van der Waals surface area contributed by atoms with E-state index in [0.717, 1.165) is 25.2 Å². The average molecular weight is 631 g/mol. The fourth-order valence-electron chi connectivity index (χ4n) is 7.13. The second-order valence-corrected chi connectivity index (χ2v) is 14.2. The minimum atomic E-state index is -2.43. The van der Waals surface area contributed by atoms with E-state index >= 15 is 0 Å². The van der Waals surface area contributed by atoms with Crippen LogP contribution in [0, 0.1) is 21.6 Å². The maximum absolute atomic E-state index is 12.7. The Morgan fingerprint density at radius 2 is 1.55 bits per heavy atom. The highest BCUT2D eigenvalue weighted by molar-refractivity contribution is 5.16. The lowest BCUT2D eigenvalue weighted by molar-refractivity contribution is -0.483. The van der Waals surface area contributed by atoms with Gasteiger partial charge in [0.1, 0.15) is 24.9 Å². The van der Waals surface area contributed by atoms with Gasteiger partial charge in [0.25, 0.3) is 0 Å². The zero-order valence-corrected chi connectivity index (χ0v) is 28.2. The molecule has 2 saturated heterocycles. The van der Waals surface area contributed by atoms with Gasteiger partial charge in [-0.05, 0) is 60.3 Å². The molecule has 3 aliphatic rings. The maximum Gasteiger partial charge on any atom is 0.222 e. The van der Waals surface area contributed by atoms with Gasteiger partial charge in [-0.1, -0.05) is 82.0 Å². The highest BCUT2D eigenvalue weighted by Crippen LogP contribution is 2.57. The Hall–Kier alpha value is -1.12. The van der Waals surface area contributed by atoms with Crippen LogP contribution >= 0.6 is 0 Å². The van der Waals surface area contributed by atoms with Gasteiger partial charge in [-0.15, -0.1) is 0 Å².